The van der Waals surface area contributed by atoms with Crippen molar-refractivity contribution in [3.63, 3.8) is 0 Å². The molecule has 3 heterocycles. The number of hydrogen-bond donors (Lipinski definition) is 0. The van der Waals surface area contributed by atoms with E-state index in [1.165, 1.54) is 4.57 Å². The van der Waals surface area contributed by atoms with Gasteiger partial charge in [-0.1, -0.05) is 18.1 Å². The van der Waals surface area contributed by atoms with Crippen LogP contribution in [-0.2, 0) is 20.1 Å². The monoisotopic (exact) mass is 456 g/mol. The molecule has 0 saturated carbocycles. The summed E-state index contributed by atoms with van der Waals surface area (Å²) in [6.07, 6.45) is 3.82. The highest BCUT2D eigenvalue weighted by Gasteiger charge is 2.19. The summed E-state index contributed by atoms with van der Waals surface area (Å²) in [7, 11) is 1.59. The maximum atomic E-state index is 13.2. The molecule has 0 aliphatic heterocycles. The van der Waals surface area contributed by atoms with E-state index in [9.17, 15) is 9.59 Å². The Kier molecular flexibility index (Phi) is 5.84. The highest BCUT2D eigenvalue weighted by atomic mass is 79.9. The molecule has 0 atom stereocenters. The predicted octanol–water partition coefficient (Wildman–Crippen LogP) is 0.430. The van der Waals surface area contributed by atoms with Crippen LogP contribution in [0.1, 0.15) is 32.3 Å². The molecule has 3 rings (SSSR count). The van der Waals surface area contributed by atoms with Crippen molar-refractivity contribution in [3.05, 3.63) is 47.7 Å². The van der Waals surface area contributed by atoms with Gasteiger partial charge in [0.1, 0.15) is 5.82 Å². The summed E-state index contributed by atoms with van der Waals surface area (Å²) in [5.74, 6) is 6.13. The molecule has 3 aromatic heterocycles. The molecular weight excluding hydrogens is 436 g/mol. The Balaban J connectivity index is 2.29. The third kappa shape index (κ3) is 3.56. The van der Waals surface area contributed by atoms with E-state index in [0.717, 1.165) is 20.8 Å². The van der Waals surface area contributed by atoms with Crippen LogP contribution in [-0.4, -0.2) is 28.7 Å². The van der Waals surface area contributed by atoms with Crippen LogP contribution >= 0.6 is 15.9 Å². The smallest absolute Gasteiger partial charge is 0.301 e. The number of imidazole rings is 1. The van der Waals surface area contributed by atoms with Gasteiger partial charge in [0.05, 0.1) is 18.4 Å². The largest absolute Gasteiger partial charge is 0.332 e. The van der Waals surface area contributed by atoms with Crippen LogP contribution in [0, 0.1) is 18.8 Å². The van der Waals surface area contributed by atoms with E-state index in [4.69, 9.17) is 0 Å². The number of hydrogen-bond acceptors (Lipinski definition) is 5. The average Bonchev–Trinajstić information content (AvgIpc) is 3.03. The van der Waals surface area contributed by atoms with Crippen LogP contribution in [0.15, 0.2) is 14.3 Å². The molecule has 8 nitrogen and oxygen atoms in total. The zero-order chi connectivity index (χ0) is 21.3. The summed E-state index contributed by atoms with van der Waals surface area (Å²) in [6, 6.07) is 0. The van der Waals surface area contributed by atoms with E-state index in [1.807, 2.05) is 32.9 Å². The Hall–Kier alpha value is -2.99. The molecule has 3 aromatic rings. The number of rotatable bonds is 3. The maximum Gasteiger partial charge on any atom is 0.332 e. The van der Waals surface area contributed by atoms with Gasteiger partial charge >= 0.3 is 5.69 Å². The minimum absolute atomic E-state index is 0.0324. The lowest BCUT2D eigenvalue weighted by Gasteiger charge is -2.09. The standard InChI is InChI=1S/C20H21BrN6O2/c1-6-9-10-26-16-17(24-19(26)21)25(5)20(29)27(18(16)28)11-15-22-12(4)13(7-2)14(8-3)23-15/h7-8H,10-11H2,1-5H3. The van der Waals surface area contributed by atoms with E-state index >= 15 is 0 Å². The summed E-state index contributed by atoms with van der Waals surface area (Å²) in [5.41, 5.74) is 0.475. The summed E-state index contributed by atoms with van der Waals surface area (Å²) >= 11 is 3.36. The molecular formula is C20H21BrN6O2. The second-order valence-corrected chi connectivity index (χ2v) is 7.11. The molecule has 0 fully saturated rings. The van der Waals surface area contributed by atoms with Gasteiger partial charge in [-0.15, -0.1) is 5.92 Å². The first-order valence-electron chi connectivity index (χ1n) is 9.05. The predicted molar refractivity (Wildman–Crippen MR) is 116 cm³/mol. The van der Waals surface area contributed by atoms with Gasteiger partial charge in [0, 0.05) is 18.0 Å². The first kappa shape index (κ1) is 20.7. The van der Waals surface area contributed by atoms with Crippen LogP contribution in [0.3, 0.4) is 0 Å². The van der Waals surface area contributed by atoms with Gasteiger partial charge in [-0.3, -0.25) is 13.9 Å². The van der Waals surface area contributed by atoms with E-state index in [2.05, 4.69) is 42.7 Å². The second kappa shape index (κ2) is 8.17. The van der Waals surface area contributed by atoms with Gasteiger partial charge in [0.15, 0.2) is 15.9 Å². The van der Waals surface area contributed by atoms with Crippen LogP contribution < -0.4 is 21.8 Å². The molecule has 9 heteroatoms. The van der Waals surface area contributed by atoms with Gasteiger partial charge < -0.3 is 4.57 Å². The van der Waals surface area contributed by atoms with Crippen LogP contribution in [0.4, 0.5) is 0 Å². The molecule has 0 N–H and O–H groups in total. The lowest BCUT2D eigenvalue weighted by atomic mass is 10.3. The fraction of sp³-hybridized carbons (Fsp3) is 0.350. The Morgan fingerprint density at radius 3 is 2.45 bits per heavy atom. The first-order chi connectivity index (χ1) is 13.8. The van der Waals surface area contributed by atoms with E-state index < -0.39 is 11.2 Å². The molecule has 29 heavy (non-hydrogen) atoms. The van der Waals surface area contributed by atoms with Crippen LogP contribution in [0.25, 0.3) is 23.3 Å². The molecule has 0 aliphatic carbocycles. The zero-order valence-corrected chi connectivity index (χ0v) is 18.5. The number of halogens is 1. The summed E-state index contributed by atoms with van der Waals surface area (Å²) < 4.78 is 4.58. The van der Waals surface area contributed by atoms with Crippen molar-refractivity contribution in [2.24, 2.45) is 7.05 Å². The van der Waals surface area contributed by atoms with Crippen molar-refractivity contribution in [1.29, 1.82) is 0 Å². The van der Waals surface area contributed by atoms with E-state index in [1.54, 1.807) is 18.5 Å². The van der Waals surface area contributed by atoms with Gasteiger partial charge in [-0.05, 0) is 43.6 Å². The highest BCUT2D eigenvalue weighted by Crippen LogP contribution is 2.15. The topological polar surface area (TPSA) is 87.6 Å². The Morgan fingerprint density at radius 1 is 1.10 bits per heavy atom. The molecule has 0 bridgehead atoms. The lowest BCUT2D eigenvalue weighted by Crippen LogP contribution is -2.41. The van der Waals surface area contributed by atoms with Crippen molar-refractivity contribution in [2.75, 3.05) is 0 Å². The Bertz CT molecular complexity index is 1420. The number of aromatic nitrogens is 6. The fourth-order valence-electron chi connectivity index (χ4n) is 3.24. The third-order valence-corrected chi connectivity index (χ3v) is 5.28. The summed E-state index contributed by atoms with van der Waals surface area (Å²) in [6.45, 7) is 7.67. The third-order valence-electron chi connectivity index (χ3n) is 4.67. The zero-order valence-electron chi connectivity index (χ0n) is 16.9. The summed E-state index contributed by atoms with van der Waals surface area (Å²) in [4.78, 5) is 39.4. The van der Waals surface area contributed by atoms with Crippen LogP contribution in [0.5, 0.6) is 0 Å². The highest BCUT2D eigenvalue weighted by molar-refractivity contribution is 9.10. The average molecular weight is 457 g/mol. The molecule has 0 radical (unpaired) electrons. The quantitative estimate of drug-likeness (QED) is 0.421. The molecule has 0 unspecified atom stereocenters. The molecule has 150 valence electrons. The van der Waals surface area contributed by atoms with E-state index in [0.29, 0.717) is 21.7 Å². The van der Waals surface area contributed by atoms with Crippen molar-refractivity contribution in [3.8, 4) is 11.8 Å². The van der Waals surface area contributed by atoms with Crippen molar-refractivity contribution < 1.29 is 0 Å². The van der Waals surface area contributed by atoms with Gasteiger partial charge in [-0.2, -0.15) is 0 Å². The number of fused-ring (bicyclic) bond motifs is 1. The second-order valence-electron chi connectivity index (χ2n) is 6.40. The normalized spacial score (nSPS) is 12.5. The molecule has 0 spiro atoms. The van der Waals surface area contributed by atoms with E-state index in [-0.39, 0.29) is 13.1 Å². The number of aryl methyl sites for hydroxylation is 2. The maximum absolute atomic E-state index is 13.2. The minimum atomic E-state index is -0.476. The fourth-order valence-corrected chi connectivity index (χ4v) is 3.71. The Labute approximate surface area is 175 Å². The molecule has 0 saturated heterocycles. The van der Waals surface area contributed by atoms with Gasteiger partial charge in [-0.25, -0.2) is 19.7 Å². The number of nitrogens with zero attached hydrogens (tertiary/aromatic N) is 6. The lowest BCUT2D eigenvalue weighted by molar-refractivity contribution is 0.628. The van der Waals surface area contributed by atoms with Crippen LogP contribution in [0.2, 0.25) is 0 Å². The molecule has 0 aliphatic rings. The van der Waals surface area contributed by atoms with Crippen molar-refractivity contribution in [2.45, 2.75) is 40.8 Å². The van der Waals surface area contributed by atoms with Gasteiger partial charge in [0.25, 0.3) is 5.56 Å². The van der Waals surface area contributed by atoms with Crippen molar-refractivity contribution >= 4 is 39.2 Å². The molecule has 0 amide bonds. The minimum Gasteiger partial charge on any atom is -0.301 e. The first-order valence-corrected chi connectivity index (χ1v) is 9.84. The SMILES string of the molecule is CC#CCn1c(Br)nc2c1c(=O)n(Cc1nc(C)c(=CC)c(=CC)n1)c(=O)n2C. The molecule has 0 aromatic carbocycles. The Morgan fingerprint density at radius 2 is 1.83 bits per heavy atom. The van der Waals surface area contributed by atoms with Gasteiger partial charge in [0.2, 0.25) is 0 Å². The summed E-state index contributed by atoms with van der Waals surface area (Å²) in [5, 5.41) is 1.71. The van der Waals surface area contributed by atoms with Crippen molar-refractivity contribution in [1.82, 2.24) is 28.7 Å².